The van der Waals surface area contributed by atoms with E-state index < -0.39 is 24.6 Å². The van der Waals surface area contributed by atoms with Crippen LogP contribution in [0.2, 0.25) is 0 Å². The normalized spacial score (nSPS) is 13.2. The average Bonchev–Trinajstić information content (AvgIpc) is 2.14. The minimum absolute atomic E-state index is 0.0803. The molecule has 0 aliphatic carbocycles. The number of aromatic nitrogens is 1. The number of anilines is 1. The van der Waals surface area contributed by atoms with Crippen LogP contribution in [-0.4, -0.2) is 28.3 Å². The summed E-state index contributed by atoms with van der Waals surface area (Å²) in [5.41, 5.74) is -0.210. The molecule has 7 heteroatoms. The molecule has 4 nitrogen and oxygen atoms in total. The molecule has 1 atom stereocenters. The van der Waals surface area contributed by atoms with Gasteiger partial charge in [-0.15, -0.1) is 0 Å². The first kappa shape index (κ1) is 13.3. The highest BCUT2D eigenvalue weighted by Gasteiger charge is 2.30. The Bertz CT molecular complexity index is 407. The Morgan fingerprint density at radius 1 is 1.59 bits per heavy atom. The molecule has 1 aromatic heterocycles. The summed E-state index contributed by atoms with van der Waals surface area (Å²) in [6.45, 7) is 1.33. The van der Waals surface area contributed by atoms with Crippen LogP contribution in [0.5, 0.6) is 0 Å². The standard InChI is InChI=1S/C10H11F3N2O2/c1-6(5-10(11,12)13)15-7-3-2-4-14-8(7)9(16)17/h2-4,6,15H,5H2,1H3,(H,16,17). The van der Waals surface area contributed by atoms with Crippen LogP contribution < -0.4 is 5.32 Å². The second kappa shape index (κ2) is 5.03. The number of carboxylic acid groups (broad SMARTS) is 1. The molecule has 1 unspecified atom stereocenters. The zero-order chi connectivity index (χ0) is 13.1. The molecule has 0 bridgehead atoms. The third-order valence-electron chi connectivity index (χ3n) is 1.95. The van der Waals surface area contributed by atoms with Gasteiger partial charge in [0, 0.05) is 12.2 Å². The highest BCUT2D eigenvalue weighted by atomic mass is 19.4. The lowest BCUT2D eigenvalue weighted by atomic mass is 10.2. The van der Waals surface area contributed by atoms with E-state index in [1.165, 1.54) is 25.3 Å². The van der Waals surface area contributed by atoms with Crippen LogP contribution in [-0.2, 0) is 0 Å². The van der Waals surface area contributed by atoms with Crippen molar-refractivity contribution in [3.05, 3.63) is 24.0 Å². The molecular weight excluding hydrogens is 237 g/mol. The number of nitrogens with zero attached hydrogens (tertiary/aromatic N) is 1. The van der Waals surface area contributed by atoms with Gasteiger partial charge in [-0.05, 0) is 19.1 Å². The van der Waals surface area contributed by atoms with Gasteiger partial charge in [-0.1, -0.05) is 0 Å². The van der Waals surface area contributed by atoms with E-state index in [0.717, 1.165) is 0 Å². The molecule has 0 amide bonds. The number of nitrogens with one attached hydrogen (secondary N) is 1. The summed E-state index contributed by atoms with van der Waals surface area (Å²) in [4.78, 5) is 14.3. The van der Waals surface area contributed by atoms with Crippen LogP contribution in [0.15, 0.2) is 18.3 Å². The number of hydrogen-bond donors (Lipinski definition) is 2. The lowest BCUT2D eigenvalue weighted by Gasteiger charge is -2.17. The third-order valence-corrected chi connectivity index (χ3v) is 1.95. The molecule has 94 valence electrons. The fraction of sp³-hybridized carbons (Fsp3) is 0.400. The van der Waals surface area contributed by atoms with Gasteiger partial charge in [0.1, 0.15) is 0 Å². The van der Waals surface area contributed by atoms with Crippen LogP contribution in [0.25, 0.3) is 0 Å². The Morgan fingerprint density at radius 3 is 2.76 bits per heavy atom. The molecule has 2 N–H and O–H groups in total. The molecule has 0 radical (unpaired) electrons. The molecular formula is C10H11F3N2O2. The van der Waals surface area contributed by atoms with Gasteiger partial charge in [0.15, 0.2) is 5.69 Å². The summed E-state index contributed by atoms with van der Waals surface area (Å²) < 4.78 is 36.3. The second-order valence-electron chi connectivity index (χ2n) is 3.57. The largest absolute Gasteiger partial charge is 0.476 e. The number of rotatable bonds is 4. The van der Waals surface area contributed by atoms with Crippen molar-refractivity contribution in [2.24, 2.45) is 0 Å². The van der Waals surface area contributed by atoms with E-state index in [1.807, 2.05) is 0 Å². The first-order valence-electron chi connectivity index (χ1n) is 4.81. The van der Waals surface area contributed by atoms with E-state index in [-0.39, 0.29) is 11.4 Å². The van der Waals surface area contributed by atoms with Gasteiger partial charge >= 0.3 is 12.1 Å². The molecule has 17 heavy (non-hydrogen) atoms. The van der Waals surface area contributed by atoms with Gasteiger partial charge in [0.25, 0.3) is 0 Å². The van der Waals surface area contributed by atoms with Crippen molar-refractivity contribution in [1.82, 2.24) is 4.98 Å². The topological polar surface area (TPSA) is 62.2 Å². The van der Waals surface area contributed by atoms with E-state index in [1.54, 1.807) is 0 Å². The summed E-state index contributed by atoms with van der Waals surface area (Å²) in [5.74, 6) is -1.28. The first-order chi connectivity index (χ1) is 7.79. The molecule has 1 heterocycles. The molecule has 0 aliphatic heterocycles. The quantitative estimate of drug-likeness (QED) is 0.859. The van der Waals surface area contributed by atoms with Gasteiger partial charge in [-0.25, -0.2) is 9.78 Å². The number of pyridine rings is 1. The minimum atomic E-state index is -4.29. The highest BCUT2D eigenvalue weighted by Crippen LogP contribution is 2.23. The van der Waals surface area contributed by atoms with Crippen LogP contribution in [0, 0.1) is 0 Å². The maximum Gasteiger partial charge on any atom is 0.391 e. The molecule has 1 aromatic rings. The van der Waals surface area contributed by atoms with E-state index >= 15 is 0 Å². The molecule has 0 spiro atoms. The third kappa shape index (κ3) is 4.29. The number of carboxylic acids is 1. The summed E-state index contributed by atoms with van der Waals surface area (Å²) in [5, 5.41) is 11.3. The lowest BCUT2D eigenvalue weighted by molar-refractivity contribution is -0.136. The minimum Gasteiger partial charge on any atom is -0.476 e. The maximum absolute atomic E-state index is 12.1. The first-order valence-corrected chi connectivity index (χ1v) is 4.81. The smallest absolute Gasteiger partial charge is 0.391 e. The molecule has 0 saturated carbocycles. The van der Waals surface area contributed by atoms with Crippen LogP contribution in [0.4, 0.5) is 18.9 Å². The Balaban J connectivity index is 2.78. The van der Waals surface area contributed by atoms with Gasteiger partial charge in [0.2, 0.25) is 0 Å². The van der Waals surface area contributed by atoms with Crippen molar-refractivity contribution in [3.63, 3.8) is 0 Å². The van der Waals surface area contributed by atoms with Crippen molar-refractivity contribution < 1.29 is 23.1 Å². The summed E-state index contributed by atoms with van der Waals surface area (Å²) in [7, 11) is 0. The zero-order valence-corrected chi connectivity index (χ0v) is 8.95. The van der Waals surface area contributed by atoms with E-state index in [0.29, 0.717) is 0 Å². The number of alkyl halides is 3. The summed E-state index contributed by atoms with van der Waals surface area (Å²) in [6.07, 6.45) is -4.07. The Kier molecular flexibility index (Phi) is 3.93. The van der Waals surface area contributed by atoms with Gasteiger partial charge in [-0.2, -0.15) is 13.2 Å². The average molecular weight is 248 g/mol. The van der Waals surface area contributed by atoms with Crippen molar-refractivity contribution >= 4 is 11.7 Å². The molecule has 0 saturated heterocycles. The van der Waals surface area contributed by atoms with Crippen molar-refractivity contribution in [3.8, 4) is 0 Å². The zero-order valence-electron chi connectivity index (χ0n) is 8.95. The van der Waals surface area contributed by atoms with E-state index in [9.17, 15) is 18.0 Å². The number of halogens is 3. The predicted molar refractivity (Wildman–Crippen MR) is 55.0 cm³/mol. The summed E-state index contributed by atoms with van der Waals surface area (Å²) in [6, 6.07) is 1.91. The van der Waals surface area contributed by atoms with Crippen molar-refractivity contribution in [1.29, 1.82) is 0 Å². The Hall–Kier alpha value is -1.79. The monoisotopic (exact) mass is 248 g/mol. The van der Waals surface area contributed by atoms with Crippen molar-refractivity contribution in [2.45, 2.75) is 25.6 Å². The summed E-state index contributed by atoms with van der Waals surface area (Å²) >= 11 is 0. The SMILES string of the molecule is CC(CC(F)(F)F)Nc1cccnc1C(=O)O. The molecule has 1 rings (SSSR count). The molecule has 0 fully saturated rings. The second-order valence-corrected chi connectivity index (χ2v) is 3.57. The van der Waals surface area contributed by atoms with Crippen LogP contribution >= 0.6 is 0 Å². The fourth-order valence-corrected chi connectivity index (χ4v) is 1.36. The van der Waals surface area contributed by atoms with Crippen LogP contribution in [0.1, 0.15) is 23.8 Å². The lowest BCUT2D eigenvalue weighted by Crippen LogP contribution is -2.25. The Labute approximate surface area is 95.5 Å². The van der Waals surface area contributed by atoms with Crippen molar-refractivity contribution in [2.75, 3.05) is 5.32 Å². The van der Waals surface area contributed by atoms with E-state index in [4.69, 9.17) is 5.11 Å². The Morgan fingerprint density at radius 2 is 2.24 bits per heavy atom. The van der Waals surface area contributed by atoms with E-state index in [2.05, 4.69) is 10.3 Å². The number of hydrogen-bond acceptors (Lipinski definition) is 3. The predicted octanol–water partition coefficient (Wildman–Crippen LogP) is 2.53. The number of carbonyl (C=O) groups is 1. The highest BCUT2D eigenvalue weighted by molar-refractivity contribution is 5.91. The van der Waals surface area contributed by atoms with Crippen LogP contribution in [0.3, 0.4) is 0 Å². The fourth-order valence-electron chi connectivity index (χ4n) is 1.36. The van der Waals surface area contributed by atoms with Gasteiger partial charge in [0.05, 0.1) is 12.1 Å². The molecule has 0 aliphatic rings. The molecule has 0 aromatic carbocycles. The maximum atomic E-state index is 12.1. The van der Waals surface area contributed by atoms with Gasteiger partial charge in [-0.3, -0.25) is 0 Å². The number of aromatic carboxylic acids is 1. The van der Waals surface area contributed by atoms with Gasteiger partial charge < -0.3 is 10.4 Å².